The van der Waals surface area contributed by atoms with Crippen molar-refractivity contribution in [1.82, 2.24) is 9.55 Å². The van der Waals surface area contributed by atoms with Crippen LogP contribution in [0.25, 0.3) is 22.3 Å². The standard InChI is InChI=1S/C23H24N2O6Si/c1-4-23(29)17-8-19-20-14(9-25(19)21(27)15(17)10-31-22(23)28)16(11-32(2,3)30)13-7-12(26)5-6-18(13)24-20/h5-8,26,29-30H,4,9-11H2,1-3H3/t23-/m0/s1. The second-order valence-electron chi connectivity index (χ2n) is 9.21. The van der Waals surface area contributed by atoms with Crippen LogP contribution >= 0.6 is 0 Å². The highest BCUT2D eigenvalue weighted by Gasteiger charge is 2.45. The molecule has 32 heavy (non-hydrogen) atoms. The van der Waals surface area contributed by atoms with E-state index in [1.54, 1.807) is 35.8 Å². The second-order valence-corrected chi connectivity index (χ2v) is 13.2. The zero-order valence-corrected chi connectivity index (χ0v) is 19.1. The summed E-state index contributed by atoms with van der Waals surface area (Å²) in [5.41, 5.74) is 1.76. The molecule has 0 bridgehead atoms. The van der Waals surface area contributed by atoms with E-state index in [1.807, 2.05) is 13.1 Å². The van der Waals surface area contributed by atoms with Gasteiger partial charge < -0.3 is 24.3 Å². The van der Waals surface area contributed by atoms with Crippen LogP contribution in [-0.2, 0) is 34.3 Å². The van der Waals surface area contributed by atoms with E-state index < -0.39 is 19.9 Å². The Kier molecular flexibility index (Phi) is 4.40. The van der Waals surface area contributed by atoms with E-state index in [-0.39, 0.29) is 42.0 Å². The van der Waals surface area contributed by atoms with Crippen molar-refractivity contribution in [2.45, 2.75) is 51.2 Å². The first kappa shape index (κ1) is 20.9. The summed E-state index contributed by atoms with van der Waals surface area (Å²) >= 11 is 0. The van der Waals surface area contributed by atoms with E-state index in [1.165, 1.54) is 0 Å². The van der Waals surface area contributed by atoms with Crippen LogP contribution in [0.4, 0.5) is 0 Å². The van der Waals surface area contributed by atoms with Gasteiger partial charge in [-0.3, -0.25) is 4.79 Å². The van der Waals surface area contributed by atoms with E-state index in [0.717, 1.165) is 16.5 Å². The van der Waals surface area contributed by atoms with E-state index in [9.17, 15) is 24.6 Å². The summed E-state index contributed by atoms with van der Waals surface area (Å²) in [5, 5.41) is 21.8. The molecule has 0 unspecified atom stereocenters. The van der Waals surface area contributed by atoms with Crippen molar-refractivity contribution >= 4 is 25.2 Å². The number of cyclic esters (lactones) is 1. The number of nitrogens with zero attached hydrogens (tertiary/aromatic N) is 2. The van der Waals surface area contributed by atoms with Crippen molar-refractivity contribution < 1.29 is 24.5 Å². The zero-order chi connectivity index (χ0) is 23.0. The van der Waals surface area contributed by atoms with Crippen molar-refractivity contribution in [2.24, 2.45) is 0 Å². The molecule has 4 heterocycles. The maximum Gasteiger partial charge on any atom is 0.343 e. The van der Waals surface area contributed by atoms with Crippen LogP contribution in [0.2, 0.25) is 13.1 Å². The Labute approximate surface area is 184 Å². The number of pyridine rings is 2. The SMILES string of the molecule is CC[C@@]1(O)C(=O)OCc2c1cc1n(c2=O)Cc2c-1nc1ccc(O)cc1c2C[Si](C)(C)O. The van der Waals surface area contributed by atoms with Crippen LogP contribution in [0, 0.1) is 0 Å². The second kappa shape index (κ2) is 6.74. The normalized spacial score (nSPS) is 19.5. The quantitative estimate of drug-likeness (QED) is 0.321. The molecule has 3 N–H and O–H groups in total. The van der Waals surface area contributed by atoms with Gasteiger partial charge in [0, 0.05) is 16.5 Å². The summed E-state index contributed by atoms with van der Waals surface area (Å²) in [4.78, 5) is 41.2. The van der Waals surface area contributed by atoms with E-state index in [0.29, 0.717) is 22.9 Å². The van der Waals surface area contributed by atoms with Gasteiger partial charge in [0.05, 0.1) is 29.0 Å². The summed E-state index contributed by atoms with van der Waals surface area (Å²) < 4.78 is 6.70. The molecule has 0 saturated heterocycles. The Bertz CT molecular complexity index is 1370. The third-order valence-corrected chi connectivity index (χ3v) is 7.62. The first-order valence-electron chi connectivity index (χ1n) is 10.6. The van der Waals surface area contributed by atoms with Crippen molar-refractivity contribution in [2.75, 3.05) is 0 Å². The molecule has 0 saturated carbocycles. The lowest BCUT2D eigenvalue weighted by Gasteiger charge is -2.31. The number of aliphatic hydroxyl groups is 1. The van der Waals surface area contributed by atoms with Crippen molar-refractivity contribution in [3.8, 4) is 17.1 Å². The number of ether oxygens (including phenoxy) is 1. The zero-order valence-electron chi connectivity index (χ0n) is 18.1. The summed E-state index contributed by atoms with van der Waals surface area (Å²) in [7, 11) is -2.56. The average molecular weight is 453 g/mol. The first-order chi connectivity index (χ1) is 15.0. The highest BCUT2D eigenvalue weighted by Crippen LogP contribution is 2.41. The van der Waals surface area contributed by atoms with Gasteiger partial charge in [-0.05, 0) is 55.4 Å². The molecule has 1 atom stereocenters. The molecule has 3 aromatic rings. The van der Waals surface area contributed by atoms with Crippen molar-refractivity contribution in [3.63, 3.8) is 0 Å². The lowest BCUT2D eigenvalue weighted by molar-refractivity contribution is -0.172. The van der Waals surface area contributed by atoms with E-state index in [4.69, 9.17) is 9.72 Å². The third-order valence-electron chi connectivity index (χ3n) is 6.40. The summed E-state index contributed by atoms with van der Waals surface area (Å²) in [6.45, 7) is 5.42. The topological polar surface area (TPSA) is 122 Å². The van der Waals surface area contributed by atoms with Gasteiger partial charge in [-0.25, -0.2) is 9.78 Å². The molecule has 2 aliphatic heterocycles. The number of hydrogen-bond donors (Lipinski definition) is 3. The Morgan fingerprint density at radius 1 is 1.22 bits per heavy atom. The molecule has 2 aromatic heterocycles. The molecule has 1 aromatic carbocycles. The summed E-state index contributed by atoms with van der Waals surface area (Å²) in [6, 6.07) is 7.00. The molecule has 0 radical (unpaired) electrons. The molecule has 0 fully saturated rings. The number of phenols is 1. The number of benzene rings is 1. The molecular formula is C23H24N2O6Si. The van der Waals surface area contributed by atoms with E-state index in [2.05, 4.69) is 0 Å². The minimum Gasteiger partial charge on any atom is -0.508 e. The minimum absolute atomic E-state index is 0.0779. The highest BCUT2D eigenvalue weighted by molar-refractivity contribution is 6.69. The number of phenolic OH excluding ortho intramolecular Hbond substituents is 1. The maximum absolute atomic E-state index is 13.4. The molecular weight excluding hydrogens is 428 g/mol. The number of hydrogen-bond acceptors (Lipinski definition) is 7. The Balaban J connectivity index is 1.82. The molecule has 0 amide bonds. The smallest absolute Gasteiger partial charge is 0.343 e. The van der Waals surface area contributed by atoms with Crippen LogP contribution < -0.4 is 5.56 Å². The summed E-state index contributed by atoms with van der Waals surface area (Å²) in [6.07, 6.45) is 0.0779. The largest absolute Gasteiger partial charge is 0.508 e. The predicted molar refractivity (Wildman–Crippen MR) is 120 cm³/mol. The Morgan fingerprint density at radius 3 is 2.66 bits per heavy atom. The fourth-order valence-corrected chi connectivity index (χ4v) is 6.05. The number of aromatic nitrogens is 2. The van der Waals surface area contributed by atoms with Crippen LogP contribution in [0.3, 0.4) is 0 Å². The number of carbonyl (C=O) groups is 1. The molecule has 8 nitrogen and oxygen atoms in total. The fourth-order valence-electron chi connectivity index (χ4n) is 4.78. The summed E-state index contributed by atoms with van der Waals surface area (Å²) in [5.74, 6) is -0.657. The Morgan fingerprint density at radius 2 is 1.97 bits per heavy atom. The third kappa shape index (κ3) is 2.92. The number of fused-ring (bicyclic) bond motifs is 5. The molecule has 2 aliphatic rings. The minimum atomic E-state index is -2.56. The van der Waals surface area contributed by atoms with Gasteiger partial charge in [0.15, 0.2) is 13.9 Å². The number of carbonyl (C=O) groups excluding carboxylic acids is 1. The van der Waals surface area contributed by atoms with Crippen LogP contribution in [0.5, 0.6) is 5.75 Å². The fraction of sp³-hybridized carbons (Fsp3) is 0.348. The first-order valence-corrected chi connectivity index (χ1v) is 13.7. The van der Waals surface area contributed by atoms with Gasteiger partial charge in [0.1, 0.15) is 12.4 Å². The molecule has 9 heteroatoms. The molecule has 166 valence electrons. The van der Waals surface area contributed by atoms with Gasteiger partial charge in [0.2, 0.25) is 0 Å². The van der Waals surface area contributed by atoms with Gasteiger partial charge >= 0.3 is 5.97 Å². The van der Waals surface area contributed by atoms with Gasteiger partial charge in [-0.1, -0.05) is 6.92 Å². The predicted octanol–water partition coefficient (Wildman–Crippen LogP) is 2.06. The lowest BCUT2D eigenvalue weighted by atomic mass is 9.86. The van der Waals surface area contributed by atoms with Gasteiger partial charge in [0.25, 0.3) is 5.56 Å². The average Bonchev–Trinajstić information content (AvgIpc) is 3.09. The highest BCUT2D eigenvalue weighted by atomic mass is 28.4. The molecule has 5 rings (SSSR count). The number of aromatic hydroxyl groups is 1. The van der Waals surface area contributed by atoms with E-state index >= 15 is 0 Å². The van der Waals surface area contributed by atoms with Crippen LogP contribution in [0.15, 0.2) is 29.1 Å². The molecule has 0 aliphatic carbocycles. The van der Waals surface area contributed by atoms with Crippen LogP contribution in [0.1, 0.15) is 35.6 Å². The van der Waals surface area contributed by atoms with Gasteiger partial charge in [-0.15, -0.1) is 0 Å². The maximum atomic E-state index is 13.4. The lowest BCUT2D eigenvalue weighted by Crippen LogP contribution is -2.44. The number of esters is 1. The van der Waals surface area contributed by atoms with Crippen molar-refractivity contribution in [1.29, 1.82) is 0 Å². The monoisotopic (exact) mass is 452 g/mol. The van der Waals surface area contributed by atoms with Crippen molar-refractivity contribution in [3.05, 3.63) is 56.9 Å². The van der Waals surface area contributed by atoms with Gasteiger partial charge in [-0.2, -0.15) is 0 Å². The molecule has 0 spiro atoms. The Hall–Kier alpha value is -3.01. The number of rotatable bonds is 3. The van der Waals surface area contributed by atoms with Crippen LogP contribution in [-0.4, -0.2) is 38.8 Å².